The molecule has 2 heterocycles. The van der Waals surface area contributed by atoms with E-state index >= 15 is 0 Å². The first-order valence-corrected chi connectivity index (χ1v) is 15.3. The van der Waals surface area contributed by atoms with Crippen LogP contribution in [0.4, 0.5) is 0 Å². The number of nitrogens with one attached hydrogen (secondary N) is 1. The third-order valence-electron chi connectivity index (χ3n) is 10.2. The lowest BCUT2D eigenvalue weighted by Gasteiger charge is -2.55. The molecule has 2 aliphatic heterocycles. The highest BCUT2D eigenvalue weighted by atomic mass is 32.2. The van der Waals surface area contributed by atoms with Crippen molar-refractivity contribution < 1.29 is 9.53 Å². The molecule has 4 nitrogen and oxygen atoms in total. The highest BCUT2D eigenvalue weighted by molar-refractivity contribution is 7.99. The second-order valence-electron chi connectivity index (χ2n) is 12.9. The fourth-order valence-electron chi connectivity index (χ4n) is 9.05. The lowest BCUT2D eigenvalue weighted by Crippen LogP contribution is -2.54. The second kappa shape index (κ2) is 9.93. The monoisotopic (exact) mass is 496 g/mol. The van der Waals surface area contributed by atoms with Gasteiger partial charge in [-0.15, -0.1) is 11.8 Å². The summed E-state index contributed by atoms with van der Waals surface area (Å²) in [5, 5.41) is 3.51. The molecular formula is C30H44N2O2S. The molecule has 1 aromatic carbocycles. The third kappa shape index (κ3) is 4.89. The fraction of sp³-hybridized carbons (Fsp3) is 0.767. The first kappa shape index (κ1) is 24.2. The lowest BCUT2D eigenvalue weighted by atomic mass is 9.49. The first-order valence-electron chi connectivity index (χ1n) is 14.3. The molecule has 192 valence electrons. The minimum Gasteiger partial charge on any atom is -0.496 e. The second-order valence-corrected chi connectivity index (χ2v) is 14.0. The van der Waals surface area contributed by atoms with Crippen molar-refractivity contribution >= 4 is 17.7 Å². The van der Waals surface area contributed by atoms with Gasteiger partial charge in [0.1, 0.15) is 5.75 Å². The molecule has 6 bridgehead atoms. The van der Waals surface area contributed by atoms with Crippen molar-refractivity contribution in [1.82, 2.24) is 10.2 Å². The predicted octanol–water partition coefficient (Wildman–Crippen LogP) is 6.00. The van der Waals surface area contributed by atoms with Gasteiger partial charge in [0.15, 0.2) is 0 Å². The normalized spacial score (nSPS) is 38.5. The highest BCUT2D eigenvalue weighted by Gasteiger charge is 2.54. The molecule has 1 aromatic rings. The zero-order valence-electron chi connectivity index (χ0n) is 21.7. The van der Waals surface area contributed by atoms with Crippen LogP contribution in [0.3, 0.4) is 0 Å². The van der Waals surface area contributed by atoms with Crippen LogP contribution in [-0.2, 0) is 4.79 Å². The Morgan fingerprint density at radius 1 is 1.06 bits per heavy atom. The van der Waals surface area contributed by atoms with Crippen molar-refractivity contribution in [3.8, 4) is 5.75 Å². The van der Waals surface area contributed by atoms with E-state index in [1.165, 1.54) is 75.6 Å². The number of carbonyl (C=O) groups is 1. The summed E-state index contributed by atoms with van der Waals surface area (Å²) in [5.41, 5.74) is 0.00294. The number of rotatable bonds is 9. The molecule has 0 unspecified atom stereocenters. The minimum absolute atomic E-state index is 0.00294. The van der Waals surface area contributed by atoms with Crippen LogP contribution in [0.2, 0.25) is 0 Å². The van der Waals surface area contributed by atoms with Crippen LogP contribution in [0.25, 0.3) is 0 Å². The Hall–Kier alpha value is -1.20. The van der Waals surface area contributed by atoms with Crippen molar-refractivity contribution in [2.45, 2.75) is 88.1 Å². The molecule has 4 aliphatic carbocycles. The summed E-state index contributed by atoms with van der Waals surface area (Å²) in [7, 11) is 1.76. The number of para-hydroxylation sites is 1. The lowest BCUT2D eigenvalue weighted by molar-refractivity contribution is -0.146. The van der Waals surface area contributed by atoms with Crippen LogP contribution in [-0.4, -0.2) is 48.8 Å². The molecule has 0 radical (unpaired) electrons. The van der Waals surface area contributed by atoms with Crippen LogP contribution in [0.15, 0.2) is 29.2 Å². The SMILES string of the molecule is COc1ccccc1SC[C@@H](C)CN1[C@@H]2CC[C@H]1C[C@H](CNC(=O)C13CC4CC(CC(C4)C1)C3)C2. The summed E-state index contributed by atoms with van der Waals surface area (Å²) in [6.45, 7) is 4.52. The van der Waals surface area contributed by atoms with E-state index in [1.807, 2.05) is 17.8 Å². The predicted molar refractivity (Wildman–Crippen MR) is 143 cm³/mol. The van der Waals surface area contributed by atoms with Gasteiger partial charge in [0, 0.05) is 41.2 Å². The Bertz CT molecular complexity index is 870. The summed E-state index contributed by atoms with van der Waals surface area (Å²) in [6, 6.07) is 9.80. The van der Waals surface area contributed by atoms with Gasteiger partial charge in [-0.1, -0.05) is 19.1 Å². The molecular weight excluding hydrogens is 452 g/mol. The number of benzene rings is 1. The van der Waals surface area contributed by atoms with Crippen LogP contribution in [0.1, 0.15) is 71.1 Å². The zero-order chi connectivity index (χ0) is 24.0. The summed E-state index contributed by atoms with van der Waals surface area (Å²) < 4.78 is 5.53. The number of methoxy groups -OCH3 is 1. The van der Waals surface area contributed by atoms with Gasteiger partial charge < -0.3 is 10.1 Å². The van der Waals surface area contributed by atoms with E-state index in [4.69, 9.17) is 4.74 Å². The van der Waals surface area contributed by atoms with Gasteiger partial charge in [0.25, 0.3) is 0 Å². The van der Waals surface area contributed by atoms with E-state index in [2.05, 4.69) is 35.3 Å². The topological polar surface area (TPSA) is 41.6 Å². The smallest absolute Gasteiger partial charge is 0.226 e. The molecule has 6 fully saturated rings. The van der Waals surface area contributed by atoms with Gasteiger partial charge in [-0.25, -0.2) is 0 Å². The molecule has 35 heavy (non-hydrogen) atoms. The Morgan fingerprint density at radius 3 is 2.31 bits per heavy atom. The fourth-order valence-corrected chi connectivity index (χ4v) is 10.1. The third-order valence-corrected chi connectivity index (χ3v) is 11.6. The molecule has 1 amide bonds. The van der Waals surface area contributed by atoms with E-state index in [0.29, 0.717) is 29.8 Å². The largest absolute Gasteiger partial charge is 0.496 e. The number of piperidine rings is 1. The van der Waals surface area contributed by atoms with E-state index in [-0.39, 0.29) is 5.41 Å². The maximum Gasteiger partial charge on any atom is 0.226 e. The minimum atomic E-state index is 0.00294. The molecule has 4 atom stereocenters. The van der Waals surface area contributed by atoms with Gasteiger partial charge in [0.05, 0.1) is 7.11 Å². The summed E-state index contributed by atoms with van der Waals surface area (Å²) in [4.78, 5) is 17.5. The van der Waals surface area contributed by atoms with Crippen LogP contribution < -0.4 is 10.1 Å². The molecule has 2 saturated heterocycles. The molecule has 7 rings (SSSR count). The average molecular weight is 497 g/mol. The first-order chi connectivity index (χ1) is 17.0. The summed E-state index contributed by atoms with van der Waals surface area (Å²) in [5.74, 6) is 6.38. The number of thioether (sulfide) groups is 1. The number of ether oxygens (including phenoxy) is 1. The molecule has 5 heteroatoms. The number of hydrogen-bond acceptors (Lipinski definition) is 4. The standard InChI is InChI=1S/C30H44N2O2S/c1-20(19-35-28-6-4-3-5-27(28)34-2)18-32-25-7-8-26(32)13-24(12-25)17-31-29(33)30-14-21-9-22(15-30)11-23(10-21)16-30/h3-6,20-26H,7-19H2,1-2H3,(H,31,33)/t20-,21?,22?,23?,24-,25-,26+,30?/m0/s1. The van der Waals surface area contributed by atoms with E-state index < -0.39 is 0 Å². The van der Waals surface area contributed by atoms with Gasteiger partial charge in [0.2, 0.25) is 5.91 Å². The van der Waals surface area contributed by atoms with Gasteiger partial charge in [-0.2, -0.15) is 0 Å². The van der Waals surface area contributed by atoms with Gasteiger partial charge >= 0.3 is 0 Å². The molecule has 0 spiro atoms. The van der Waals surface area contributed by atoms with Crippen LogP contribution in [0.5, 0.6) is 5.75 Å². The van der Waals surface area contributed by atoms with Crippen molar-refractivity contribution in [3.05, 3.63) is 24.3 Å². The quantitative estimate of drug-likeness (QED) is 0.426. The highest BCUT2D eigenvalue weighted by Crippen LogP contribution is 2.60. The summed E-state index contributed by atoms with van der Waals surface area (Å²) in [6.07, 6.45) is 13.0. The molecule has 0 aromatic heterocycles. The Labute approximate surface area is 216 Å². The van der Waals surface area contributed by atoms with Gasteiger partial charge in [-0.3, -0.25) is 9.69 Å². The number of carbonyl (C=O) groups excluding carboxylic acids is 1. The van der Waals surface area contributed by atoms with Crippen molar-refractivity contribution in [2.75, 3.05) is 26.0 Å². The number of hydrogen-bond donors (Lipinski definition) is 1. The maximum absolute atomic E-state index is 13.4. The number of fused-ring (bicyclic) bond motifs is 2. The Kier molecular flexibility index (Phi) is 6.85. The van der Waals surface area contributed by atoms with Crippen molar-refractivity contribution in [2.24, 2.45) is 35.0 Å². The van der Waals surface area contributed by atoms with E-state index in [9.17, 15) is 4.79 Å². The zero-order valence-corrected chi connectivity index (χ0v) is 22.5. The Balaban J connectivity index is 0.982. The van der Waals surface area contributed by atoms with Crippen molar-refractivity contribution in [1.29, 1.82) is 0 Å². The maximum atomic E-state index is 13.4. The van der Waals surface area contributed by atoms with Crippen LogP contribution in [0, 0.1) is 35.0 Å². The Morgan fingerprint density at radius 2 is 1.69 bits per heavy atom. The molecule has 4 saturated carbocycles. The van der Waals surface area contributed by atoms with Gasteiger partial charge in [-0.05, 0) is 106 Å². The van der Waals surface area contributed by atoms with E-state index in [1.54, 1.807) is 7.11 Å². The number of amides is 1. The molecule has 1 N–H and O–H groups in total. The summed E-state index contributed by atoms with van der Waals surface area (Å²) >= 11 is 1.93. The number of nitrogens with zero attached hydrogens (tertiary/aromatic N) is 1. The molecule has 6 aliphatic rings. The van der Waals surface area contributed by atoms with Crippen LogP contribution >= 0.6 is 11.8 Å². The van der Waals surface area contributed by atoms with Crippen molar-refractivity contribution in [3.63, 3.8) is 0 Å². The van der Waals surface area contributed by atoms with E-state index in [0.717, 1.165) is 35.8 Å². The average Bonchev–Trinajstić information content (AvgIpc) is 3.07.